The molecule has 0 aliphatic rings. The van der Waals surface area contributed by atoms with Gasteiger partial charge in [-0.1, -0.05) is 24.3 Å². The van der Waals surface area contributed by atoms with Crippen LogP contribution in [0.5, 0.6) is 0 Å². The lowest BCUT2D eigenvalue weighted by Gasteiger charge is -1.96. The van der Waals surface area contributed by atoms with E-state index in [1.807, 2.05) is 36.4 Å². The van der Waals surface area contributed by atoms with E-state index in [0.717, 1.165) is 16.3 Å². The maximum atomic E-state index is 12.2. The van der Waals surface area contributed by atoms with Gasteiger partial charge in [0.25, 0.3) is 0 Å². The number of pyridine rings is 1. The van der Waals surface area contributed by atoms with Crippen LogP contribution in [0.25, 0.3) is 32.8 Å². The van der Waals surface area contributed by atoms with Crippen molar-refractivity contribution in [3.63, 3.8) is 0 Å². The van der Waals surface area contributed by atoms with Crippen LogP contribution in [0, 0.1) is 0 Å². The Bertz CT molecular complexity index is 947. The van der Waals surface area contributed by atoms with Crippen molar-refractivity contribution in [1.29, 1.82) is 0 Å². The van der Waals surface area contributed by atoms with Crippen molar-refractivity contribution in [2.45, 2.75) is 0 Å². The van der Waals surface area contributed by atoms with Crippen molar-refractivity contribution < 1.29 is 4.42 Å². The molecule has 0 saturated carbocycles. The van der Waals surface area contributed by atoms with Gasteiger partial charge in [-0.15, -0.1) is 0 Å². The Labute approximate surface area is 102 Å². The molecule has 0 atom stereocenters. The van der Waals surface area contributed by atoms with Crippen LogP contribution in [0.4, 0.5) is 0 Å². The average molecular weight is 235 g/mol. The summed E-state index contributed by atoms with van der Waals surface area (Å²) >= 11 is 0. The van der Waals surface area contributed by atoms with Gasteiger partial charge in [-0.3, -0.25) is 4.79 Å². The molecule has 0 aliphatic carbocycles. The molecule has 0 bridgehead atoms. The number of fused-ring (bicyclic) bond motifs is 5. The SMILES string of the molecule is O=c1cc2ccccc2c2oc3ccc[nH]c3c12. The van der Waals surface area contributed by atoms with Gasteiger partial charge in [0.05, 0.1) is 10.9 Å². The molecule has 0 amide bonds. The van der Waals surface area contributed by atoms with Gasteiger partial charge < -0.3 is 9.40 Å². The fourth-order valence-corrected chi connectivity index (χ4v) is 2.44. The molecule has 1 N–H and O–H groups in total. The number of hydrogen-bond acceptors (Lipinski definition) is 2. The lowest BCUT2D eigenvalue weighted by molar-refractivity contribution is 0.671. The lowest BCUT2D eigenvalue weighted by Crippen LogP contribution is -1.98. The minimum atomic E-state index is -0.00935. The molecule has 0 aliphatic heterocycles. The zero-order chi connectivity index (χ0) is 12.1. The van der Waals surface area contributed by atoms with Crippen LogP contribution >= 0.6 is 0 Å². The summed E-state index contributed by atoms with van der Waals surface area (Å²) in [5.41, 5.74) is 2.13. The van der Waals surface area contributed by atoms with Crippen LogP contribution in [0.3, 0.4) is 0 Å². The van der Waals surface area contributed by atoms with Gasteiger partial charge in [-0.25, -0.2) is 0 Å². The van der Waals surface area contributed by atoms with Crippen LogP contribution in [0.15, 0.2) is 57.9 Å². The van der Waals surface area contributed by atoms with Gasteiger partial charge in [0.2, 0.25) is 0 Å². The monoisotopic (exact) mass is 235 g/mol. The lowest BCUT2D eigenvalue weighted by atomic mass is 10.1. The second kappa shape index (κ2) is 3.23. The highest BCUT2D eigenvalue weighted by Gasteiger charge is 2.13. The Kier molecular flexibility index (Phi) is 1.70. The molecule has 4 aromatic rings. The molecule has 0 radical (unpaired) electrons. The number of rotatable bonds is 0. The van der Waals surface area contributed by atoms with E-state index in [1.54, 1.807) is 12.3 Å². The third-order valence-electron chi connectivity index (χ3n) is 3.25. The molecular formula is C15H9NO2. The van der Waals surface area contributed by atoms with Crippen molar-refractivity contribution in [3.8, 4) is 0 Å². The molecule has 2 heterocycles. The highest BCUT2D eigenvalue weighted by atomic mass is 16.3. The smallest absolute Gasteiger partial charge is 0.192 e. The van der Waals surface area contributed by atoms with Gasteiger partial charge in [0.1, 0.15) is 5.58 Å². The van der Waals surface area contributed by atoms with Crippen molar-refractivity contribution in [3.05, 3.63) is 58.9 Å². The van der Waals surface area contributed by atoms with Crippen molar-refractivity contribution in [1.82, 2.24) is 4.98 Å². The molecule has 3 nitrogen and oxygen atoms in total. The van der Waals surface area contributed by atoms with Gasteiger partial charge in [-0.05, 0) is 23.6 Å². The predicted octanol–water partition coefficient (Wildman–Crippen LogP) is 3.43. The van der Waals surface area contributed by atoms with E-state index in [0.29, 0.717) is 16.6 Å². The van der Waals surface area contributed by atoms with E-state index in [1.165, 1.54) is 0 Å². The number of hydrogen-bond donors (Lipinski definition) is 1. The first-order chi connectivity index (χ1) is 8.84. The minimum Gasteiger partial charge on any atom is -0.454 e. The first-order valence-corrected chi connectivity index (χ1v) is 5.76. The van der Waals surface area contributed by atoms with E-state index in [-0.39, 0.29) is 5.43 Å². The molecule has 0 spiro atoms. The zero-order valence-corrected chi connectivity index (χ0v) is 9.44. The summed E-state index contributed by atoms with van der Waals surface area (Å²) in [4.78, 5) is 15.3. The molecule has 4 rings (SSSR count). The van der Waals surface area contributed by atoms with Gasteiger partial charge in [-0.2, -0.15) is 0 Å². The van der Waals surface area contributed by atoms with E-state index >= 15 is 0 Å². The van der Waals surface area contributed by atoms with Crippen molar-refractivity contribution in [2.75, 3.05) is 0 Å². The molecule has 2 aromatic carbocycles. The second-order valence-corrected chi connectivity index (χ2v) is 4.31. The molecule has 0 unspecified atom stereocenters. The quantitative estimate of drug-likeness (QED) is 0.507. The fraction of sp³-hybridized carbons (Fsp3) is 0. The second-order valence-electron chi connectivity index (χ2n) is 4.31. The predicted molar refractivity (Wildman–Crippen MR) is 71.8 cm³/mol. The van der Waals surface area contributed by atoms with Crippen LogP contribution in [-0.4, -0.2) is 4.98 Å². The molecule has 3 heteroatoms. The molecule has 86 valence electrons. The summed E-state index contributed by atoms with van der Waals surface area (Å²) in [5, 5.41) is 2.51. The molecule has 0 fully saturated rings. The molecule has 2 aromatic heterocycles. The standard InChI is InChI=1S/C15H9NO2/c17-11-8-9-4-1-2-5-10(9)15-13(11)14-12(18-15)6-3-7-16-14/h1-8,16H. The summed E-state index contributed by atoms with van der Waals surface area (Å²) in [5.74, 6) is 0. The first-order valence-electron chi connectivity index (χ1n) is 5.76. The molecule has 18 heavy (non-hydrogen) atoms. The van der Waals surface area contributed by atoms with Crippen LogP contribution in [0.2, 0.25) is 0 Å². The van der Waals surface area contributed by atoms with E-state index in [9.17, 15) is 4.79 Å². The van der Waals surface area contributed by atoms with E-state index in [4.69, 9.17) is 4.42 Å². The Morgan fingerprint density at radius 3 is 2.89 bits per heavy atom. The number of aromatic nitrogens is 1. The van der Waals surface area contributed by atoms with Crippen LogP contribution < -0.4 is 5.43 Å². The fourth-order valence-electron chi connectivity index (χ4n) is 2.44. The number of furan rings is 1. The topological polar surface area (TPSA) is 46.0 Å². The number of H-pyrrole nitrogens is 1. The Balaban J connectivity index is 2.42. The van der Waals surface area contributed by atoms with E-state index < -0.39 is 0 Å². The number of aromatic amines is 1. The maximum Gasteiger partial charge on any atom is 0.192 e. The molecular weight excluding hydrogens is 226 g/mol. The summed E-state index contributed by atoms with van der Waals surface area (Å²) < 4.78 is 5.82. The van der Waals surface area contributed by atoms with Gasteiger partial charge >= 0.3 is 0 Å². The highest BCUT2D eigenvalue weighted by Crippen LogP contribution is 2.29. The molecule has 0 saturated heterocycles. The normalized spacial score (nSPS) is 11.6. The third kappa shape index (κ3) is 1.10. The summed E-state index contributed by atoms with van der Waals surface area (Å²) in [7, 11) is 0. The van der Waals surface area contributed by atoms with Crippen LogP contribution in [0.1, 0.15) is 0 Å². The summed E-state index contributed by atoms with van der Waals surface area (Å²) in [6.07, 6.45) is 1.80. The average Bonchev–Trinajstić information content (AvgIpc) is 2.79. The third-order valence-corrected chi connectivity index (χ3v) is 3.25. The Morgan fingerprint density at radius 1 is 1.06 bits per heavy atom. The number of nitrogens with one attached hydrogen (secondary N) is 1. The number of benzene rings is 2. The largest absolute Gasteiger partial charge is 0.454 e. The van der Waals surface area contributed by atoms with Crippen molar-refractivity contribution >= 4 is 32.8 Å². The van der Waals surface area contributed by atoms with Gasteiger partial charge in [0.15, 0.2) is 11.0 Å². The van der Waals surface area contributed by atoms with E-state index in [2.05, 4.69) is 4.98 Å². The van der Waals surface area contributed by atoms with Gasteiger partial charge in [0, 0.05) is 11.6 Å². The first kappa shape index (κ1) is 9.48. The van der Waals surface area contributed by atoms with Crippen molar-refractivity contribution in [2.24, 2.45) is 0 Å². The van der Waals surface area contributed by atoms with Crippen LogP contribution in [-0.2, 0) is 0 Å². The Morgan fingerprint density at radius 2 is 1.94 bits per heavy atom. The zero-order valence-electron chi connectivity index (χ0n) is 9.44. The maximum absolute atomic E-state index is 12.2. The Hall–Kier alpha value is -2.55. The minimum absolute atomic E-state index is 0.00935. The highest BCUT2D eigenvalue weighted by molar-refractivity contribution is 6.13. The summed E-state index contributed by atoms with van der Waals surface area (Å²) in [6, 6.07) is 13.1. The summed E-state index contributed by atoms with van der Waals surface area (Å²) in [6.45, 7) is 0.